The minimum absolute atomic E-state index is 0.127. The van der Waals surface area contributed by atoms with Crippen molar-refractivity contribution in [2.24, 2.45) is 0 Å². The van der Waals surface area contributed by atoms with Gasteiger partial charge in [0.25, 0.3) is 5.91 Å². The van der Waals surface area contributed by atoms with Crippen molar-refractivity contribution >= 4 is 11.8 Å². The monoisotopic (exact) mass is 400 g/mol. The third-order valence-corrected chi connectivity index (χ3v) is 4.94. The van der Waals surface area contributed by atoms with Gasteiger partial charge in [0.05, 0.1) is 25.2 Å². The fraction of sp³-hybridized carbons (Fsp3) is 0.364. The highest BCUT2D eigenvalue weighted by Gasteiger charge is 2.33. The van der Waals surface area contributed by atoms with Gasteiger partial charge in [0.2, 0.25) is 5.91 Å². The molecule has 0 aliphatic carbocycles. The predicted molar refractivity (Wildman–Crippen MR) is 106 cm³/mol. The van der Waals surface area contributed by atoms with Crippen molar-refractivity contribution in [3.8, 4) is 0 Å². The summed E-state index contributed by atoms with van der Waals surface area (Å²) < 4.78 is 19.1. The van der Waals surface area contributed by atoms with E-state index in [1.54, 1.807) is 0 Å². The Balaban J connectivity index is 1.48. The van der Waals surface area contributed by atoms with E-state index in [-0.39, 0.29) is 30.6 Å². The van der Waals surface area contributed by atoms with Crippen LogP contribution < -0.4 is 10.6 Å². The van der Waals surface area contributed by atoms with Gasteiger partial charge in [0, 0.05) is 12.1 Å². The first-order valence-electron chi connectivity index (χ1n) is 9.68. The predicted octanol–water partition coefficient (Wildman–Crippen LogP) is 2.17. The maximum atomic E-state index is 13.3. The summed E-state index contributed by atoms with van der Waals surface area (Å²) in [6.07, 6.45) is 0.374. The van der Waals surface area contributed by atoms with Crippen LogP contribution in [0.4, 0.5) is 4.39 Å². The Labute approximate surface area is 169 Å². The standard InChI is InChI=1S/C22H25FN2O4/c23-17-8-4-7-16(11-17)22(28)25-19-10-9-18(29-20(19)14-26)12-21(27)24-13-15-5-2-1-3-6-15/h1-8,11,18-20,26H,9-10,12-14H2,(H,24,27)(H,25,28)/t18-,19-,20+/m0/s1. The number of aliphatic hydroxyl groups is 1. The second kappa shape index (κ2) is 10.1. The first-order chi connectivity index (χ1) is 14.0. The van der Waals surface area contributed by atoms with Crippen molar-refractivity contribution < 1.29 is 23.8 Å². The van der Waals surface area contributed by atoms with E-state index in [1.165, 1.54) is 18.2 Å². The first-order valence-corrected chi connectivity index (χ1v) is 9.68. The minimum atomic E-state index is -0.617. The molecule has 0 aromatic heterocycles. The van der Waals surface area contributed by atoms with Crippen molar-refractivity contribution in [1.82, 2.24) is 10.6 Å². The van der Waals surface area contributed by atoms with Gasteiger partial charge in [-0.3, -0.25) is 9.59 Å². The van der Waals surface area contributed by atoms with Gasteiger partial charge in [-0.15, -0.1) is 0 Å². The lowest BCUT2D eigenvalue weighted by Crippen LogP contribution is -2.51. The maximum absolute atomic E-state index is 13.3. The fourth-order valence-corrected chi connectivity index (χ4v) is 3.40. The number of hydrogen-bond donors (Lipinski definition) is 3. The molecule has 1 fully saturated rings. The van der Waals surface area contributed by atoms with Crippen molar-refractivity contribution in [3.05, 3.63) is 71.5 Å². The van der Waals surface area contributed by atoms with E-state index in [4.69, 9.17) is 4.74 Å². The number of nitrogens with one attached hydrogen (secondary N) is 2. The van der Waals surface area contributed by atoms with Crippen LogP contribution in [0, 0.1) is 5.82 Å². The molecular weight excluding hydrogens is 375 g/mol. The molecule has 3 rings (SSSR count). The van der Waals surface area contributed by atoms with Gasteiger partial charge < -0.3 is 20.5 Å². The van der Waals surface area contributed by atoms with Crippen molar-refractivity contribution in [2.45, 2.75) is 44.1 Å². The third kappa shape index (κ3) is 6.10. The molecule has 2 aromatic rings. The second-order valence-corrected chi connectivity index (χ2v) is 7.11. The molecule has 29 heavy (non-hydrogen) atoms. The molecule has 6 nitrogen and oxygen atoms in total. The smallest absolute Gasteiger partial charge is 0.251 e. The summed E-state index contributed by atoms with van der Waals surface area (Å²) in [5, 5.41) is 15.3. The molecule has 1 heterocycles. The molecule has 1 saturated heterocycles. The average molecular weight is 400 g/mol. The molecule has 2 aromatic carbocycles. The van der Waals surface area contributed by atoms with Crippen molar-refractivity contribution in [1.29, 1.82) is 0 Å². The van der Waals surface area contributed by atoms with Crippen LogP contribution in [0.3, 0.4) is 0 Å². The molecule has 7 heteroatoms. The van der Waals surface area contributed by atoms with Crippen LogP contribution in [-0.2, 0) is 16.1 Å². The summed E-state index contributed by atoms with van der Waals surface area (Å²) in [4.78, 5) is 24.5. The Morgan fingerprint density at radius 2 is 1.90 bits per heavy atom. The zero-order valence-corrected chi connectivity index (χ0v) is 16.0. The number of rotatable bonds is 7. The van der Waals surface area contributed by atoms with E-state index in [0.29, 0.717) is 19.4 Å². The number of aliphatic hydroxyl groups excluding tert-OH is 1. The van der Waals surface area contributed by atoms with Crippen molar-refractivity contribution in [2.75, 3.05) is 6.61 Å². The van der Waals surface area contributed by atoms with E-state index < -0.39 is 23.9 Å². The maximum Gasteiger partial charge on any atom is 0.251 e. The van der Waals surface area contributed by atoms with Crippen LogP contribution in [0.5, 0.6) is 0 Å². The highest BCUT2D eigenvalue weighted by molar-refractivity contribution is 5.94. The average Bonchev–Trinajstić information content (AvgIpc) is 2.74. The van der Waals surface area contributed by atoms with Gasteiger partial charge >= 0.3 is 0 Å². The quantitative estimate of drug-likeness (QED) is 0.665. The van der Waals surface area contributed by atoms with Gasteiger partial charge in [-0.05, 0) is 36.6 Å². The molecule has 0 saturated carbocycles. The number of carbonyl (C=O) groups is 2. The summed E-state index contributed by atoms with van der Waals surface area (Å²) in [5.74, 6) is -1.04. The number of benzene rings is 2. The molecule has 2 amide bonds. The lowest BCUT2D eigenvalue weighted by molar-refractivity contribution is -0.131. The number of carbonyl (C=O) groups excluding carboxylic acids is 2. The Bertz CT molecular complexity index is 831. The second-order valence-electron chi connectivity index (χ2n) is 7.11. The number of halogens is 1. The van der Waals surface area contributed by atoms with Gasteiger partial charge in [-0.1, -0.05) is 36.4 Å². The van der Waals surface area contributed by atoms with Crippen molar-refractivity contribution in [3.63, 3.8) is 0 Å². The molecule has 0 bridgehead atoms. The topological polar surface area (TPSA) is 87.7 Å². The van der Waals surface area contributed by atoms with E-state index in [0.717, 1.165) is 11.6 Å². The Kier molecular flexibility index (Phi) is 7.32. The fourth-order valence-electron chi connectivity index (χ4n) is 3.40. The minimum Gasteiger partial charge on any atom is -0.394 e. The molecule has 0 spiro atoms. The Hall–Kier alpha value is -2.77. The van der Waals surface area contributed by atoms with E-state index in [1.807, 2.05) is 30.3 Å². The number of amides is 2. The summed E-state index contributed by atoms with van der Waals surface area (Å²) in [7, 11) is 0. The normalized spacial score (nSPS) is 21.4. The molecular formula is C22H25FN2O4. The molecule has 3 atom stereocenters. The summed E-state index contributed by atoms with van der Waals surface area (Å²) >= 11 is 0. The van der Waals surface area contributed by atoms with Gasteiger partial charge in [0.15, 0.2) is 0 Å². The van der Waals surface area contributed by atoms with Gasteiger partial charge in [-0.2, -0.15) is 0 Å². The zero-order chi connectivity index (χ0) is 20.6. The highest BCUT2D eigenvalue weighted by Crippen LogP contribution is 2.22. The summed E-state index contributed by atoms with van der Waals surface area (Å²) in [6, 6.07) is 14.6. The SMILES string of the molecule is O=C(C[C@@H]1CC[C@H](NC(=O)c2cccc(F)c2)[C@@H](CO)O1)NCc1ccccc1. The van der Waals surface area contributed by atoms with Crippen LogP contribution >= 0.6 is 0 Å². The summed E-state index contributed by atoms with van der Waals surface area (Å²) in [5.41, 5.74) is 1.22. The molecule has 1 aliphatic rings. The van der Waals surface area contributed by atoms with Crippen LogP contribution in [0.25, 0.3) is 0 Å². The van der Waals surface area contributed by atoms with Crippen LogP contribution in [0.15, 0.2) is 54.6 Å². The first kappa shape index (κ1) is 21.0. The third-order valence-electron chi connectivity index (χ3n) is 4.94. The van der Waals surface area contributed by atoms with Gasteiger partial charge in [0.1, 0.15) is 11.9 Å². The number of hydrogen-bond acceptors (Lipinski definition) is 4. The molecule has 0 radical (unpaired) electrons. The molecule has 3 N–H and O–H groups in total. The van der Waals surface area contributed by atoms with E-state index in [9.17, 15) is 19.1 Å². The molecule has 0 unspecified atom stereocenters. The zero-order valence-electron chi connectivity index (χ0n) is 16.0. The largest absolute Gasteiger partial charge is 0.394 e. The summed E-state index contributed by atoms with van der Waals surface area (Å²) in [6.45, 7) is 0.165. The lowest BCUT2D eigenvalue weighted by Gasteiger charge is -2.36. The van der Waals surface area contributed by atoms with E-state index >= 15 is 0 Å². The molecule has 154 valence electrons. The Morgan fingerprint density at radius 3 is 2.62 bits per heavy atom. The lowest BCUT2D eigenvalue weighted by atomic mass is 9.96. The van der Waals surface area contributed by atoms with Gasteiger partial charge in [-0.25, -0.2) is 4.39 Å². The van der Waals surface area contributed by atoms with E-state index in [2.05, 4.69) is 10.6 Å². The highest BCUT2D eigenvalue weighted by atomic mass is 19.1. The van der Waals surface area contributed by atoms with Crippen LogP contribution in [0.1, 0.15) is 35.2 Å². The number of ether oxygens (including phenoxy) is 1. The van der Waals surface area contributed by atoms with Crippen LogP contribution in [0.2, 0.25) is 0 Å². The molecule has 1 aliphatic heterocycles. The Morgan fingerprint density at radius 1 is 1.10 bits per heavy atom. The van der Waals surface area contributed by atoms with Crippen LogP contribution in [-0.4, -0.2) is 41.8 Å².